The maximum atomic E-state index is 4.51. The molecule has 4 heteroatoms. The third-order valence-electron chi connectivity index (χ3n) is 2.69. The second kappa shape index (κ2) is 4.84. The molecule has 0 aliphatic rings. The third kappa shape index (κ3) is 2.31. The summed E-state index contributed by atoms with van der Waals surface area (Å²) in [5.41, 5.74) is 3.49. The Morgan fingerprint density at radius 3 is 2.41 bits per heavy atom. The van der Waals surface area contributed by atoms with Crippen molar-refractivity contribution in [3.63, 3.8) is 0 Å². The fourth-order valence-corrected chi connectivity index (χ4v) is 2.22. The Morgan fingerprint density at radius 2 is 1.82 bits per heavy atom. The highest BCUT2D eigenvalue weighted by Crippen LogP contribution is 2.27. The van der Waals surface area contributed by atoms with E-state index in [-0.39, 0.29) is 0 Å². The summed E-state index contributed by atoms with van der Waals surface area (Å²) in [6.45, 7) is 4.15. The van der Waals surface area contributed by atoms with Gasteiger partial charge in [-0.1, -0.05) is 18.2 Å². The van der Waals surface area contributed by atoms with E-state index in [2.05, 4.69) is 57.2 Å². The molecule has 0 amide bonds. The molecular formula is C13H14BrN3. The molecule has 1 aromatic heterocycles. The summed E-state index contributed by atoms with van der Waals surface area (Å²) >= 11 is 3.41. The number of aryl methyl sites for hydroxylation is 2. The highest BCUT2D eigenvalue weighted by atomic mass is 79.9. The molecule has 17 heavy (non-hydrogen) atoms. The minimum atomic E-state index is 0.758. The average Bonchev–Trinajstić information content (AvgIpc) is 2.31. The summed E-state index contributed by atoms with van der Waals surface area (Å²) in [5, 5.41) is 3.05. The van der Waals surface area contributed by atoms with Gasteiger partial charge in [0.25, 0.3) is 0 Å². The Kier molecular flexibility index (Phi) is 3.43. The van der Waals surface area contributed by atoms with Crippen molar-refractivity contribution in [2.45, 2.75) is 13.8 Å². The molecule has 0 saturated heterocycles. The highest BCUT2D eigenvalue weighted by molar-refractivity contribution is 9.10. The van der Waals surface area contributed by atoms with Crippen LogP contribution >= 0.6 is 15.9 Å². The third-order valence-corrected chi connectivity index (χ3v) is 3.27. The number of nitrogens with one attached hydrogen (secondary N) is 1. The Labute approximate surface area is 109 Å². The zero-order valence-corrected chi connectivity index (χ0v) is 11.7. The van der Waals surface area contributed by atoms with Crippen LogP contribution < -0.4 is 5.32 Å². The number of rotatable bonds is 2. The minimum Gasteiger partial charge on any atom is -0.372 e. The first kappa shape index (κ1) is 12.0. The molecule has 0 bridgehead atoms. The zero-order valence-electron chi connectivity index (χ0n) is 10.1. The number of hydrogen-bond acceptors (Lipinski definition) is 3. The molecule has 0 unspecified atom stereocenters. The van der Waals surface area contributed by atoms with Crippen LogP contribution in [0.3, 0.4) is 0 Å². The van der Waals surface area contributed by atoms with Crippen molar-refractivity contribution in [3.8, 4) is 11.4 Å². The summed E-state index contributed by atoms with van der Waals surface area (Å²) in [4.78, 5) is 8.89. The van der Waals surface area contributed by atoms with Gasteiger partial charge in [0, 0.05) is 18.8 Å². The Balaban J connectivity index is 2.61. The summed E-state index contributed by atoms with van der Waals surface area (Å²) in [6, 6.07) is 6.20. The summed E-state index contributed by atoms with van der Waals surface area (Å²) < 4.78 is 0.870. The summed E-state index contributed by atoms with van der Waals surface area (Å²) in [5.74, 6) is 1.56. The Morgan fingerprint density at radius 1 is 1.18 bits per heavy atom. The topological polar surface area (TPSA) is 37.8 Å². The van der Waals surface area contributed by atoms with E-state index in [4.69, 9.17) is 0 Å². The van der Waals surface area contributed by atoms with Crippen molar-refractivity contribution in [3.05, 3.63) is 40.0 Å². The van der Waals surface area contributed by atoms with Gasteiger partial charge in [0.15, 0.2) is 5.82 Å². The number of hydrogen-bond donors (Lipinski definition) is 1. The van der Waals surface area contributed by atoms with Gasteiger partial charge in [-0.15, -0.1) is 0 Å². The standard InChI is InChI=1S/C13H14BrN3/c1-8-5-4-6-9(2)11(8)13-16-7-10(14)12(15-3)17-13/h4-7H,1-3H3,(H,15,16,17). The Hall–Kier alpha value is -1.42. The fourth-order valence-electron chi connectivity index (χ4n) is 1.83. The van der Waals surface area contributed by atoms with Crippen LogP contribution in [-0.2, 0) is 0 Å². The zero-order chi connectivity index (χ0) is 12.4. The average molecular weight is 292 g/mol. The van der Waals surface area contributed by atoms with Crippen LogP contribution in [0, 0.1) is 13.8 Å². The predicted molar refractivity (Wildman–Crippen MR) is 74.2 cm³/mol. The van der Waals surface area contributed by atoms with Crippen molar-refractivity contribution in [1.82, 2.24) is 9.97 Å². The van der Waals surface area contributed by atoms with E-state index in [9.17, 15) is 0 Å². The predicted octanol–water partition coefficient (Wildman–Crippen LogP) is 3.56. The molecule has 0 fully saturated rings. The quantitative estimate of drug-likeness (QED) is 0.919. The number of nitrogens with zero attached hydrogens (tertiary/aromatic N) is 2. The van der Waals surface area contributed by atoms with Gasteiger partial charge >= 0.3 is 0 Å². The minimum absolute atomic E-state index is 0.758. The molecule has 1 N–H and O–H groups in total. The maximum absolute atomic E-state index is 4.51. The molecule has 1 aromatic carbocycles. The Bertz CT molecular complexity index is 532. The number of halogens is 1. The van der Waals surface area contributed by atoms with E-state index in [1.807, 2.05) is 13.1 Å². The largest absolute Gasteiger partial charge is 0.372 e. The van der Waals surface area contributed by atoms with Crippen molar-refractivity contribution >= 4 is 21.7 Å². The van der Waals surface area contributed by atoms with Gasteiger partial charge in [0.05, 0.1) is 4.47 Å². The molecule has 0 radical (unpaired) electrons. The van der Waals surface area contributed by atoms with Crippen LogP contribution in [0.25, 0.3) is 11.4 Å². The molecular weight excluding hydrogens is 278 g/mol. The van der Waals surface area contributed by atoms with E-state index in [0.717, 1.165) is 21.7 Å². The van der Waals surface area contributed by atoms with Gasteiger partial charge in [0.2, 0.25) is 0 Å². The number of aromatic nitrogens is 2. The van der Waals surface area contributed by atoms with E-state index < -0.39 is 0 Å². The molecule has 0 saturated carbocycles. The first-order valence-corrected chi connectivity index (χ1v) is 6.19. The van der Waals surface area contributed by atoms with E-state index in [1.165, 1.54) is 11.1 Å². The van der Waals surface area contributed by atoms with Crippen molar-refractivity contribution in [2.75, 3.05) is 12.4 Å². The second-order valence-corrected chi connectivity index (χ2v) is 4.76. The van der Waals surface area contributed by atoms with E-state index in [0.29, 0.717) is 0 Å². The van der Waals surface area contributed by atoms with Crippen LogP contribution in [0.2, 0.25) is 0 Å². The number of benzene rings is 1. The van der Waals surface area contributed by atoms with Crippen LogP contribution in [-0.4, -0.2) is 17.0 Å². The smallest absolute Gasteiger partial charge is 0.162 e. The monoisotopic (exact) mass is 291 g/mol. The van der Waals surface area contributed by atoms with Crippen LogP contribution in [0.5, 0.6) is 0 Å². The first-order chi connectivity index (χ1) is 8.13. The second-order valence-electron chi connectivity index (χ2n) is 3.91. The molecule has 0 aliphatic heterocycles. The van der Waals surface area contributed by atoms with Gasteiger partial charge in [-0.25, -0.2) is 9.97 Å². The lowest BCUT2D eigenvalue weighted by molar-refractivity contribution is 1.14. The normalized spacial score (nSPS) is 10.4. The highest BCUT2D eigenvalue weighted by Gasteiger charge is 2.10. The fraction of sp³-hybridized carbons (Fsp3) is 0.231. The van der Waals surface area contributed by atoms with Gasteiger partial charge < -0.3 is 5.32 Å². The maximum Gasteiger partial charge on any atom is 0.162 e. The van der Waals surface area contributed by atoms with Crippen LogP contribution in [0.15, 0.2) is 28.9 Å². The van der Waals surface area contributed by atoms with Crippen molar-refractivity contribution < 1.29 is 0 Å². The lowest BCUT2D eigenvalue weighted by Crippen LogP contribution is -1.99. The molecule has 3 nitrogen and oxygen atoms in total. The molecule has 2 aromatic rings. The van der Waals surface area contributed by atoms with Gasteiger partial charge in [0.1, 0.15) is 5.82 Å². The summed E-state index contributed by atoms with van der Waals surface area (Å²) in [6.07, 6.45) is 1.78. The van der Waals surface area contributed by atoms with Crippen molar-refractivity contribution in [2.24, 2.45) is 0 Å². The van der Waals surface area contributed by atoms with Crippen molar-refractivity contribution in [1.29, 1.82) is 0 Å². The van der Waals surface area contributed by atoms with Gasteiger partial charge in [-0.2, -0.15) is 0 Å². The molecule has 1 heterocycles. The van der Waals surface area contributed by atoms with Crippen LogP contribution in [0.4, 0.5) is 5.82 Å². The lowest BCUT2D eigenvalue weighted by atomic mass is 10.0. The lowest BCUT2D eigenvalue weighted by Gasteiger charge is -2.10. The van der Waals surface area contributed by atoms with Gasteiger partial charge in [-0.05, 0) is 40.9 Å². The first-order valence-electron chi connectivity index (χ1n) is 5.40. The molecule has 2 rings (SSSR count). The molecule has 0 atom stereocenters. The molecule has 0 spiro atoms. The SMILES string of the molecule is CNc1nc(-c2c(C)cccc2C)ncc1Br. The molecule has 0 aliphatic carbocycles. The van der Waals surface area contributed by atoms with E-state index >= 15 is 0 Å². The van der Waals surface area contributed by atoms with Crippen LogP contribution in [0.1, 0.15) is 11.1 Å². The molecule has 88 valence electrons. The summed E-state index contributed by atoms with van der Waals surface area (Å²) in [7, 11) is 1.85. The number of anilines is 1. The van der Waals surface area contributed by atoms with Gasteiger partial charge in [-0.3, -0.25) is 0 Å². The van der Waals surface area contributed by atoms with E-state index in [1.54, 1.807) is 6.20 Å².